The summed E-state index contributed by atoms with van der Waals surface area (Å²) in [5.41, 5.74) is 5.15. The van der Waals surface area contributed by atoms with Crippen LogP contribution in [0.4, 0.5) is 11.5 Å². The molecule has 2 aromatic carbocycles. The molecule has 0 radical (unpaired) electrons. The van der Waals surface area contributed by atoms with Crippen molar-refractivity contribution in [2.45, 2.75) is 40.0 Å². The van der Waals surface area contributed by atoms with Gasteiger partial charge in [-0.25, -0.2) is 4.98 Å². The van der Waals surface area contributed by atoms with Gasteiger partial charge < -0.3 is 5.32 Å². The Balaban J connectivity index is 2.12. The Morgan fingerprint density at radius 1 is 1.00 bits per heavy atom. The third-order valence-corrected chi connectivity index (χ3v) is 4.87. The van der Waals surface area contributed by atoms with Crippen LogP contribution in [0.3, 0.4) is 0 Å². The number of anilines is 2. The average molecular weight is 382 g/mol. The maximum atomic E-state index is 13.0. The molecule has 0 bridgehead atoms. The smallest absolute Gasteiger partial charge is 0.298 e. The van der Waals surface area contributed by atoms with Crippen molar-refractivity contribution in [2.24, 2.45) is 0 Å². The van der Waals surface area contributed by atoms with Gasteiger partial charge in [0, 0.05) is 11.4 Å². The third kappa shape index (κ3) is 4.06. The van der Waals surface area contributed by atoms with E-state index in [0.29, 0.717) is 0 Å². The normalized spacial score (nSPS) is 10.8. The van der Waals surface area contributed by atoms with Crippen LogP contribution < -0.4 is 10.9 Å². The van der Waals surface area contributed by atoms with Crippen LogP contribution in [0.5, 0.6) is 0 Å². The van der Waals surface area contributed by atoms with E-state index in [9.17, 15) is 4.79 Å². The summed E-state index contributed by atoms with van der Waals surface area (Å²) in [5, 5.41) is 3.55. The van der Waals surface area contributed by atoms with Crippen LogP contribution in [-0.2, 0) is 19.3 Å². The summed E-state index contributed by atoms with van der Waals surface area (Å²) in [4.78, 5) is 17.3. The van der Waals surface area contributed by atoms with Gasteiger partial charge in [-0.3, -0.25) is 9.36 Å². The van der Waals surface area contributed by atoms with E-state index in [1.165, 1.54) is 21.3 Å². The molecule has 0 fully saturated rings. The fraction of sp³-hybridized carbons (Fsp3) is 0.273. The number of halogens is 1. The van der Waals surface area contributed by atoms with Gasteiger partial charge in [-0.05, 0) is 48.1 Å². The predicted octanol–water partition coefficient (Wildman–Crippen LogP) is 5.32. The highest BCUT2D eigenvalue weighted by atomic mass is 35.5. The van der Waals surface area contributed by atoms with Gasteiger partial charge in [-0.2, -0.15) is 0 Å². The van der Waals surface area contributed by atoms with E-state index >= 15 is 0 Å². The maximum absolute atomic E-state index is 13.0. The molecule has 1 aromatic heterocycles. The minimum Gasteiger partial charge on any atom is -0.335 e. The second kappa shape index (κ2) is 8.40. The molecule has 4 nitrogen and oxygen atoms in total. The van der Waals surface area contributed by atoms with Crippen LogP contribution in [0.25, 0.3) is 5.69 Å². The van der Waals surface area contributed by atoms with Gasteiger partial charge in [0.25, 0.3) is 5.56 Å². The van der Waals surface area contributed by atoms with Crippen LogP contribution >= 0.6 is 11.6 Å². The molecule has 1 heterocycles. The van der Waals surface area contributed by atoms with Gasteiger partial charge in [0.15, 0.2) is 5.82 Å². The van der Waals surface area contributed by atoms with Crippen molar-refractivity contribution in [3.8, 4) is 5.69 Å². The molecule has 0 aliphatic heterocycles. The zero-order valence-electron chi connectivity index (χ0n) is 15.9. The second-order valence-electron chi connectivity index (χ2n) is 6.40. The minimum atomic E-state index is -0.228. The molecule has 0 saturated carbocycles. The van der Waals surface area contributed by atoms with Gasteiger partial charge in [0.2, 0.25) is 0 Å². The number of benzene rings is 2. The highest BCUT2D eigenvalue weighted by molar-refractivity contribution is 6.29. The largest absolute Gasteiger partial charge is 0.335 e. The molecular weight excluding hydrogens is 358 g/mol. The lowest BCUT2D eigenvalue weighted by atomic mass is 9.98. The van der Waals surface area contributed by atoms with Gasteiger partial charge >= 0.3 is 0 Å². The molecule has 0 aliphatic carbocycles. The molecule has 3 rings (SSSR count). The monoisotopic (exact) mass is 381 g/mol. The Bertz CT molecular complexity index is 971. The van der Waals surface area contributed by atoms with Crippen LogP contribution in [0.2, 0.25) is 5.15 Å². The van der Waals surface area contributed by atoms with Crippen molar-refractivity contribution >= 4 is 23.1 Å². The molecule has 1 N–H and O–H groups in total. The lowest BCUT2D eigenvalue weighted by Gasteiger charge is -2.17. The van der Waals surface area contributed by atoms with Crippen LogP contribution in [0.1, 0.15) is 37.5 Å². The summed E-state index contributed by atoms with van der Waals surface area (Å²) >= 11 is 6.22. The van der Waals surface area contributed by atoms with E-state index in [2.05, 4.69) is 43.2 Å². The van der Waals surface area contributed by atoms with E-state index < -0.39 is 0 Å². The van der Waals surface area contributed by atoms with Gasteiger partial charge in [-0.1, -0.05) is 62.7 Å². The summed E-state index contributed by atoms with van der Waals surface area (Å²) in [6.07, 6.45) is 4.27. The lowest BCUT2D eigenvalue weighted by Crippen LogP contribution is -2.23. The molecule has 140 valence electrons. The van der Waals surface area contributed by atoms with E-state index in [4.69, 9.17) is 11.6 Å². The number of hydrogen-bond acceptors (Lipinski definition) is 3. The second-order valence-corrected chi connectivity index (χ2v) is 6.78. The number of rotatable bonds is 6. The Kier molecular flexibility index (Phi) is 5.97. The van der Waals surface area contributed by atoms with Crippen LogP contribution in [0, 0.1) is 0 Å². The first-order valence-corrected chi connectivity index (χ1v) is 9.71. The summed E-state index contributed by atoms with van der Waals surface area (Å²) in [6.45, 7) is 6.39. The van der Waals surface area contributed by atoms with Crippen molar-refractivity contribution in [1.29, 1.82) is 0 Å². The van der Waals surface area contributed by atoms with Crippen molar-refractivity contribution < 1.29 is 0 Å². The quantitative estimate of drug-likeness (QED) is 0.628. The zero-order valence-corrected chi connectivity index (χ0v) is 16.7. The Morgan fingerprint density at radius 2 is 1.63 bits per heavy atom. The molecule has 0 amide bonds. The fourth-order valence-corrected chi connectivity index (χ4v) is 3.39. The standard InChI is InChI=1S/C22H24ClN3O/c1-4-15-12-16(5-2)20(17(6-3)13-15)25-21-22(27)26(14-19(23)24-21)18-10-8-7-9-11-18/h7-14H,4-6H2,1-3H3,(H,24,25). The van der Waals surface area contributed by atoms with Gasteiger partial charge in [0.05, 0.1) is 6.20 Å². The first-order chi connectivity index (χ1) is 13.1. The van der Waals surface area contributed by atoms with Crippen molar-refractivity contribution in [2.75, 3.05) is 5.32 Å². The average Bonchev–Trinajstić information content (AvgIpc) is 2.70. The Hall–Kier alpha value is -2.59. The summed E-state index contributed by atoms with van der Waals surface area (Å²) in [6, 6.07) is 13.8. The summed E-state index contributed by atoms with van der Waals surface area (Å²) in [5.74, 6) is 0.236. The third-order valence-electron chi connectivity index (χ3n) is 4.68. The number of aromatic nitrogens is 2. The molecule has 27 heavy (non-hydrogen) atoms. The van der Waals surface area contributed by atoms with E-state index in [1.54, 1.807) is 6.20 Å². The predicted molar refractivity (Wildman–Crippen MR) is 113 cm³/mol. The number of hydrogen-bond donors (Lipinski definition) is 1. The maximum Gasteiger partial charge on any atom is 0.298 e. The molecular formula is C22H24ClN3O. The Morgan fingerprint density at radius 3 is 2.19 bits per heavy atom. The number of nitrogens with one attached hydrogen (secondary N) is 1. The first kappa shape index (κ1) is 19.2. The molecule has 0 spiro atoms. The summed E-state index contributed by atoms with van der Waals surface area (Å²) < 4.78 is 1.52. The molecule has 0 atom stereocenters. The van der Waals surface area contributed by atoms with Crippen LogP contribution in [0.15, 0.2) is 53.5 Å². The molecule has 5 heteroatoms. The van der Waals surface area contributed by atoms with E-state index in [0.717, 1.165) is 30.6 Å². The highest BCUT2D eigenvalue weighted by Gasteiger charge is 2.14. The molecule has 0 unspecified atom stereocenters. The number of aryl methyl sites for hydroxylation is 3. The zero-order chi connectivity index (χ0) is 19.4. The lowest BCUT2D eigenvalue weighted by molar-refractivity contribution is 0.958. The minimum absolute atomic E-state index is 0.228. The van der Waals surface area contributed by atoms with Crippen LogP contribution in [-0.4, -0.2) is 9.55 Å². The number of nitrogens with zero attached hydrogens (tertiary/aromatic N) is 2. The molecule has 0 aliphatic rings. The topological polar surface area (TPSA) is 46.9 Å². The van der Waals surface area contributed by atoms with Crippen molar-refractivity contribution in [3.63, 3.8) is 0 Å². The van der Waals surface area contributed by atoms with Gasteiger partial charge in [-0.15, -0.1) is 0 Å². The first-order valence-electron chi connectivity index (χ1n) is 9.33. The van der Waals surface area contributed by atoms with E-state index in [-0.39, 0.29) is 16.5 Å². The van der Waals surface area contributed by atoms with Crippen molar-refractivity contribution in [3.05, 3.63) is 80.9 Å². The van der Waals surface area contributed by atoms with Crippen molar-refractivity contribution in [1.82, 2.24) is 9.55 Å². The molecule has 0 saturated heterocycles. The Labute approximate surface area is 164 Å². The fourth-order valence-electron chi connectivity index (χ4n) is 3.21. The van der Waals surface area contributed by atoms with Gasteiger partial charge in [0.1, 0.15) is 5.15 Å². The SMILES string of the molecule is CCc1cc(CC)c(Nc2nc(Cl)cn(-c3ccccc3)c2=O)c(CC)c1. The highest BCUT2D eigenvalue weighted by Crippen LogP contribution is 2.27. The summed E-state index contributed by atoms with van der Waals surface area (Å²) in [7, 11) is 0. The van der Waals surface area contributed by atoms with E-state index in [1.807, 2.05) is 30.3 Å². The number of para-hydroxylation sites is 1. The molecule has 3 aromatic rings.